The highest BCUT2D eigenvalue weighted by molar-refractivity contribution is 4.91. The first-order valence-corrected chi connectivity index (χ1v) is 5.75. The summed E-state index contributed by atoms with van der Waals surface area (Å²) in [4.78, 5) is 0. The molecule has 1 heteroatoms. The number of hydrogen-bond acceptors (Lipinski definition) is 1. The van der Waals surface area contributed by atoms with Crippen molar-refractivity contribution in [1.82, 2.24) is 0 Å². The van der Waals surface area contributed by atoms with Gasteiger partial charge in [0, 0.05) is 0 Å². The summed E-state index contributed by atoms with van der Waals surface area (Å²) in [5, 5.41) is 0. The van der Waals surface area contributed by atoms with Crippen LogP contribution in [0.2, 0.25) is 0 Å². The molecule has 0 aromatic carbocycles. The molecule has 0 saturated carbocycles. The molecule has 0 aliphatic carbocycles. The summed E-state index contributed by atoms with van der Waals surface area (Å²) < 4.78 is 6.13. The molecule has 88 valence electrons. The van der Waals surface area contributed by atoms with Gasteiger partial charge in [0.1, 0.15) is 0 Å². The van der Waals surface area contributed by atoms with Crippen molar-refractivity contribution in [3.05, 3.63) is 24.3 Å². The second-order valence-electron chi connectivity index (χ2n) is 5.17. The van der Waals surface area contributed by atoms with E-state index in [2.05, 4.69) is 52.0 Å². The lowest BCUT2D eigenvalue weighted by Crippen LogP contribution is -2.36. The third-order valence-electron chi connectivity index (χ3n) is 2.24. The van der Waals surface area contributed by atoms with Crippen molar-refractivity contribution in [3.8, 4) is 0 Å². The van der Waals surface area contributed by atoms with E-state index in [1.807, 2.05) is 13.8 Å². The van der Waals surface area contributed by atoms with Crippen molar-refractivity contribution in [3.63, 3.8) is 0 Å². The first-order valence-electron chi connectivity index (χ1n) is 5.75. The molecule has 0 spiro atoms. The van der Waals surface area contributed by atoms with Gasteiger partial charge in [0.2, 0.25) is 0 Å². The molecule has 0 aromatic heterocycles. The fraction of sp³-hybridized carbons (Fsp3) is 0.714. The van der Waals surface area contributed by atoms with Crippen molar-refractivity contribution < 1.29 is 4.74 Å². The number of hydrogen-bond donors (Lipinski definition) is 0. The molecule has 0 N–H and O–H groups in total. The Morgan fingerprint density at radius 2 is 1.13 bits per heavy atom. The Morgan fingerprint density at radius 1 is 0.800 bits per heavy atom. The minimum absolute atomic E-state index is 0.0857. The van der Waals surface area contributed by atoms with Gasteiger partial charge in [-0.2, -0.15) is 0 Å². The van der Waals surface area contributed by atoms with Gasteiger partial charge in [-0.3, -0.25) is 0 Å². The second kappa shape index (κ2) is 6.12. The van der Waals surface area contributed by atoms with Crippen molar-refractivity contribution in [2.24, 2.45) is 0 Å². The SMILES string of the molecule is C/C=C\CC(C)(C)OC(C)(C)C/C=C\C. The zero-order valence-electron chi connectivity index (χ0n) is 11.1. The highest BCUT2D eigenvalue weighted by atomic mass is 16.5. The normalized spacial score (nSPS) is 14.3. The largest absolute Gasteiger partial charge is 0.369 e. The molecule has 0 saturated heterocycles. The third-order valence-corrected chi connectivity index (χ3v) is 2.24. The lowest BCUT2D eigenvalue weighted by molar-refractivity contribution is -0.118. The van der Waals surface area contributed by atoms with Crippen LogP contribution in [0.25, 0.3) is 0 Å². The quantitative estimate of drug-likeness (QED) is 0.587. The van der Waals surface area contributed by atoms with E-state index in [-0.39, 0.29) is 11.2 Å². The van der Waals surface area contributed by atoms with Gasteiger partial charge >= 0.3 is 0 Å². The summed E-state index contributed by atoms with van der Waals surface area (Å²) in [5.41, 5.74) is -0.171. The molecule has 0 aromatic rings. The maximum Gasteiger partial charge on any atom is 0.0668 e. The standard InChI is InChI=1S/C14H26O/c1-7-9-11-13(3,4)15-14(5,6)12-10-8-2/h7-10H,11-12H2,1-6H3/b9-7-,10-8-. The van der Waals surface area contributed by atoms with Crippen molar-refractivity contribution in [2.45, 2.75) is 65.6 Å². The van der Waals surface area contributed by atoms with Crippen molar-refractivity contribution in [2.75, 3.05) is 0 Å². The molecule has 0 radical (unpaired) electrons. The molecule has 0 heterocycles. The lowest BCUT2D eigenvalue weighted by Gasteiger charge is -2.35. The number of allylic oxidation sites excluding steroid dienone is 2. The molecular formula is C14H26O. The van der Waals surface area contributed by atoms with Gasteiger partial charge in [0.05, 0.1) is 11.2 Å². The molecule has 0 fully saturated rings. The summed E-state index contributed by atoms with van der Waals surface area (Å²) in [6.07, 6.45) is 10.4. The van der Waals surface area contributed by atoms with E-state index < -0.39 is 0 Å². The Labute approximate surface area is 95.2 Å². The fourth-order valence-electron chi connectivity index (χ4n) is 1.63. The predicted octanol–water partition coefficient (Wildman–Crippen LogP) is 4.49. The first-order chi connectivity index (χ1) is 6.83. The summed E-state index contributed by atoms with van der Waals surface area (Å²) in [5.74, 6) is 0. The Bertz CT molecular complexity index is 197. The molecule has 1 nitrogen and oxygen atoms in total. The van der Waals surface area contributed by atoms with Crippen LogP contribution >= 0.6 is 0 Å². The van der Waals surface area contributed by atoms with Crippen LogP contribution in [-0.2, 0) is 4.74 Å². The average Bonchev–Trinajstić information content (AvgIpc) is 2.10. The van der Waals surface area contributed by atoms with E-state index in [9.17, 15) is 0 Å². The highest BCUT2D eigenvalue weighted by Gasteiger charge is 2.27. The third kappa shape index (κ3) is 7.38. The van der Waals surface area contributed by atoms with Crippen LogP contribution in [0.15, 0.2) is 24.3 Å². The number of rotatable bonds is 6. The topological polar surface area (TPSA) is 9.23 Å². The van der Waals surface area contributed by atoms with E-state index in [4.69, 9.17) is 4.74 Å². The van der Waals surface area contributed by atoms with E-state index in [0.717, 1.165) is 12.8 Å². The summed E-state index contributed by atoms with van der Waals surface area (Å²) in [6.45, 7) is 12.7. The maximum atomic E-state index is 6.13. The fourth-order valence-corrected chi connectivity index (χ4v) is 1.63. The molecule has 15 heavy (non-hydrogen) atoms. The van der Waals surface area contributed by atoms with Gasteiger partial charge < -0.3 is 4.74 Å². The summed E-state index contributed by atoms with van der Waals surface area (Å²) in [6, 6.07) is 0. The van der Waals surface area contributed by atoms with Gasteiger partial charge in [0.25, 0.3) is 0 Å². The van der Waals surface area contributed by atoms with Crippen LogP contribution in [0.1, 0.15) is 54.4 Å². The monoisotopic (exact) mass is 210 g/mol. The minimum atomic E-state index is -0.0857. The summed E-state index contributed by atoms with van der Waals surface area (Å²) in [7, 11) is 0. The van der Waals surface area contributed by atoms with Gasteiger partial charge in [-0.25, -0.2) is 0 Å². The van der Waals surface area contributed by atoms with Crippen LogP contribution in [-0.4, -0.2) is 11.2 Å². The molecule has 0 aliphatic heterocycles. The van der Waals surface area contributed by atoms with E-state index in [1.54, 1.807) is 0 Å². The van der Waals surface area contributed by atoms with Crippen LogP contribution < -0.4 is 0 Å². The van der Waals surface area contributed by atoms with Gasteiger partial charge in [-0.05, 0) is 54.4 Å². The Hall–Kier alpha value is -0.560. The minimum Gasteiger partial charge on any atom is -0.369 e. The van der Waals surface area contributed by atoms with Gasteiger partial charge in [-0.1, -0.05) is 24.3 Å². The first kappa shape index (κ1) is 14.4. The Morgan fingerprint density at radius 3 is 1.40 bits per heavy atom. The van der Waals surface area contributed by atoms with E-state index in [1.165, 1.54) is 0 Å². The van der Waals surface area contributed by atoms with E-state index >= 15 is 0 Å². The molecule has 0 rings (SSSR count). The van der Waals surface area contributed by atoms with E-state index in [0.29, 0.717) is 0 Å². The second-order valence-corrected chi connectivity index (χ2v) is 5.17. The number of ether oxygens (including phenoxy) is 1. The average molecular weight is 210 g/mol. The molecule has 0 bridgehead atoms. The predicted molar refractivity (Wildman–Crippen MR) is 68.1 cm³/mol. The molecule has 0 unspecified atom stereocenters. The van der Waals surface area contributed by atoms with Gasteiger partial charge in [0.15, 0.2) is 0 Å². The van der Waals surface area contributed by atoms with Gasteiger partial charge in [-0.15, -0.1) is 0 Å². The van der Waals surface area contributed by atoms with Crippen LogP contribution in [0.4, 0.5) is 0 Å². The Balaban J connectivity index is 4.28. The Kier molecular flexibility index (Phi) is 5.89. The van der Waals surface area contributed by atoms with Crippen LogP contribution in [0.3, 0.4) is 0 Å². The van der Waals surface area contributed by atoms with Crippen molar-refractivity contribution >= 4 is 0 Å². The van der Waals surface area contributed by atoms with Crippen LogP contribution in [0.5, 0.6) is 0 Å². The molecule has 0 amide bonds. The molecule has 0 aliphatic rings. The molecule has 0 atom stereocenters. The highest BCUT2D eigenvalue weighted by Crippen LogP contribution is 2.26. The summed E-state index contributed by atoms with van der Waals surface area (Å²) >= 11 is 0. The smallest absolute Gasteiger partial charge is 0.0668 e. The van der Waals surface area contributed by atoms with Crippen molar-refractivity contribution in [1.29, 1.82) is 0 Å². The van der Waals surface area contributed by atoms with Crippen LogP contribution in [0, 0.1) is 0 Å². The zero-order valence-corrected chi connectivity index (χ0v) is 11.1. The molecular weight excluding hydrogens is 184 g/mol. The maximum absolute atomic E-state index is 6.13. The lowest BCUT2D eigenvalue weighted by atomic mass is 9.99. The zero-order chi connectivity index (χ0) is 11.9.